The van der Waals surface area contributed by atoms with Crippen LogP contribution in [0.5, 0.6) is 0 Å². The van der Waals surface area contributed by atoms with Crippen molar-refractivity contribution in [1.82, 2.24) is 9.80 Å². The van der Waals surface area contributed by atoms with E-state index in [9.17, 15) is 9.59 Å². The Labute approximate surface area is 206 Å². The van der Waals surface area contributed by atoms with Crippen molar-refractivity contribution in [2.45, 2.75) is 44.7 Å². The van der Waals surface area contributed by atoms with Crippen LogP contribution in [0.3, 0.4) is 0 Å². The fraction of sp³-hybridized carbons (Fsp3) is 0.310. The molecular weight excluding hydrogens is 436 g/mol. The number of carbonyl (C=O) groups excluding carboxylic acids is 2. The zero-order valence-electron chi connectivity index (χ0n) is 20.1. The lowest BCUT2D eigenvalue weighted by Gasteiger charge is -2.26. The van der Waals surface area contributed by atoms with Crippen molar-refractivity contribution < 1.29 is 9.59 Å². The molecule has 2 saturated heterocycles. The number of nitrogens with one attached hydrogen (secondary N) is 2. The lowest BCUT2D eigenvalue weighted by Crippen LogP contribution is -2.35. The summed E-state index contributed by atoms with van der Waals surface area (Å²) in [7, 11) is 0. The quantitative estimate of drug-likeness (QED) is 0.446. The van der Waals surface area contributed by atoms with Crippen LogP contribution in [0.2, 0.25) is 0 Å². The fourth-order valence-corrected chi connectivity index (χ4v) is 5.28. The highest BCUT2D eigenvalue weighted by molar-refractivity contribution is 5.94. The maximum atomic E-state index is 13.2. The molecule has 2 N–H and O–H groups in total. The van der Waals surface area contributed by atoms with Crippen LogP contribution in [0, 0.1) is 6.92 Å². The van der Waals surface area contributed by atoms with E-state index in [2.05, 4.69) is 34.9 Å². The van der Waals surface area contributed by atoms with E-state index < -0.39 is 0 Å². The van der Waals surface area contributed by atoms with E-state index in [0.29, 0.717) is 11.4 Å². The minimum atomic E-state index is -0.110. The number of amides is 4. The molecule has 4 amide bonds. The van der Waals surface area contributed by atoms with E-state index in [1.807, 2.05) is 71.3 Å². The molecule has 180 valence electrons. The van der Waals surface area contributed by atoms with Crippen molar-refractivity contribution >= 4 is 23.4 Å². The Morgan fingerprint density at radius 2 is 1.23 bits per heavy atom. The second kappa shape index (κ2) is 10.2. The van der Waals surface area contributed by atoms with Crippen molar-refractivity contribution in [3.05, 3.63) is 95.6 Å². The van der Waals surface area contributed by atoms with Crippen LogP contribution in [0.25, 0.3) is 0 Å². The van der Waals surface area contributed by atoms with Gasteiger partial charge in [-0.1, -0.05) is 66.7 Å². The first-order valence-corrected chi connectivity index (χ1v) is 12.5. The van der Waals surface area contributed by atoms with Crippen LogP contribution >= 0.6 is 0 Å². The summed E-state index contributed by atoms with van der Waals surface area (Å²) in [6.07, 6.45) is 3.90. The van der Waals surface area contributed by atoms with E-state index in [1.165, 1.54) is 0 Å². The second-order valence-electron chi connectivity index (χ2n) is 9.41. The van der Waals surface area contributed by atoms with E-state index >= 15 is 0 Å². The Balaban J connectivity index is 1.27. The molecular formula is C29H32N4O2. The number of hydrogen-bond acceptors (Lipinski definition) is 2. The smallest absolute Gasteiger partial charge is 0.317 e. The number of urea groups is 2. The normalized spacial score (nSPS) is 19.6. The van der Waals surface area contributed by atoms with Gasteiger partial charge in [0.25, 0.3) is 0 Å². The Morgan fingerprint density at radius 3 is 1.77 bits per heavy atom. The van der Waals surface area contributed by atoms with Crippen molar-refractivity contribution in [2.75, 3.05) is 23.7 Å². The summed E-state index contributed by atoms with van der Waals surface area (Å²) < 4.78 is 0. The molecule has 0 saturated carbocycles. The zero-order valence-corrected chi connectivity index (χ0v) is 20.1. The van der Waals surface area contributed by atoms with Crippen LogP contribution in [-0.4, -0.2) is 35.0 Å². The van der Waals surface area contributed by atoms with Crippen LogP contribution in [0.1, 0.15) is 54.5 Å². The van der Waals surface area contributed by atoms with E-state index in [-0.39, 0.29) is 24.1 Å². The molecule has 6 heteroatoms. The summed E-state index contributed by atoms with van der Waals surface area (Å²) in [5, 5.41) is 6.14. The summed E-state index contributed by atoms with van der Waals surface area (Å²) in [5.41, 5.74) is 4.67. The molecule has 6 nitrogen and oxygen atoms in total. The maximum Gasteiger partial charge on any atom is 0.322 e. The van der Waals surface area contributed by atoms with Crippen LogP contribution in [-0.2, 0) is 0 Å². The molecule has 2 heterocycles. The molecule has 5 rings (SSSR count). The predicted octanol–water partition coefficient (Wildman–Crippen LogP) is 6.73. The molecule has 0 aliphatic carbocycles. The maximum absolute atomic E-state index is 13.2. The molecule has 3 aromatic carbocycles. The second-order valence-corrected chi connectivity index (χ2v) is 9.41. The number of anilines is 2. The lowest BCUT2D eigenvalue weighted by molar-refractivity contribution is 0.206. The molecule has 2 aliphatic rings. The summed E-state index contributed by atoms with van der Waals surface area (Å²) in [5.74, 6) is 0. The molecule has 0 bridgehead atoms. The van der Waals surface area contributed by atoms with E-state index in [4.69, 9.17) is 0 Å². The number of nitrogens with zero attached hydrogens (tertiary/aromatic N) is 2. The van der Waals surface area contributed by atoms with Crippen molar-refractivity contribution in [3.63, 3.8) is 0 Å². The summed E-state index contributed by atoms with van der Waals surface area (Å²) >= 11 is 0. The van der Waals surface area contributed by atoms with Gasteiger partial charge in [0.05, 0.1) is 12.1 Å². The molecule has 2 atom stereocenters. The van der Waals surface area contributed by atoms with Crippen LogP contribution < -0.4 is 10.6 Å². The number of rotatable bonds is 4. The van der Waals surface area contributed by atoms with Gasteiger partial charge < -0.3 is 20.4 Å². The largest absolute Gasteiger partial charge is 0.322 e. The van der Waals surface area contributed by atoms with Gasteiger partial charge in [0.15, 0.2) is 0 Å². The van der Waals surface area contributed by atoms with Gasteiger partial charge in [-0.15, -0.1) is 0 Å². The Morgan fingerprint density at radius 1 is 0.714 bits per heavy atom. The van der Waals surface area contributed by atoms with Crippen LogP contribution in [0.15, 0.2) is 78.9 Å². The first kappa shape index (κ1) is 23.0. The average molecular weight is 469 g/mol. The minimum Gasteiger partial charge on any atom is -0.317 e. The van der Waals surface area contributed by atoms with E-state index in [0.717, 1.165) is 55.5 Å². The zero-order chi connectivity index (χ0) is 24.2. The predicted molar refractivity (Wildman–Crippen MR) is 139 cm³/mol. The average Bonchev–Trinajstić information content (AvgIpc) is 3.57. The molecule has 0 spiro atoms. The van der Waals surface area contributed by atoms with Gasteiger partial charge in [0.1, 0.15) is 0 Å². The van der Waals surface area contributed by atoms with Gasteiger partial charge in [-0.3, -0.25) is 0 Å². The first-order chi connectivity index (χ1) is 17.1. The highest BCUT2D eigenvalue weighted by Crippen LogP contribution is 2.34. The van der Waals surface area contributed by atoms with Gasteiger partial charge in [0, 0.05) is 24.5 Å². The molecule has 3 aromatic rings. The standard InChI is InChI=1S/C29H32N4O2/c1-21-16-17-24(30-28(34)32-18-8-14-26(32)22-10-4-2-5-11-22)20-25(21)31-29(35)33-19-9-15-27(33)23-12-6-3-7-13-23/h2-7,10-13,16-17,20,26-27H,8-9,14-15,18-19H2,1H3,(H,30,34)(H,31,35). The van der Waals surface area contributed by atoms with Gasteiger partial charge >= 0.3 is 12.1 Å². The summed E-state index contributed by atoms with van der Waals surface area (Å²) in [6.45, 7) is 3.43. The molecule has 2 aliphatic heterocycles. The van der Waals surface area contributed by atoms with Gasteiger partial charge in [-0.05, 0) is 61.4 Å². The molecule has 2 fully saturated rings. The topological polar surface area (TPSA) is 64.7 Å². The third kappa shape index (κ3) is 5.02. The number of likely N-dealkylation sites (tertiary alicyclic amines) is 2. The molecule has 0 radical (unpaired) electrons. The lowest BCUT2D eigenvalue weighted by atomic mass is 10.1. The molecule has 2 unspecified atom stereocenters. The third-order valence-electron chi connectivity index (χ3n) is 7.13. The van der Waals surface area contributed by atoms with Gasteiger partial charge in [-0.25, -0.2) is 9.59 Å². The number of benzene rings is 3. The monoisotopic (exact) mass is 468 g/mol. The Kier molecular flexibility index (Phi) is 6.70. The number of aryl methyl sites for hydroxylation is 1. The first-order valence-electron chi connectivity index (χ1n) is 12.5. The Hall–Kier alpha value is -3.80. The fourth-order valence-electron chi connectivity index (χ4n) is 5.28. The molecule has 35 heavy (non-hydrogen) atoms. The summed E-state index contributed by atoms with van der Waals surface area (Å²) in [6, 6.07) is 26.0. The minimum absolute atomic E-state index is 0.0875. The number of hydrogen-bond donors (Lipinski definition) is 2. The highest BCUT2D eigenvalue weighted by Gasteiger charge is 2.31. The summed E-state index contributed by atoms with van der Waals surface area (Å²) in [4.78, 5) is 30.2. The van der Waals surface area contributed by atoms with E-state index in [1.54, 1.807) is 0 Å². The SMILES string of the molecule is Cc1ccc(NC(=O)N2CCCC2c2ccccc2)cc1NC(=O)N1CCCC1c1ccccc1. The van der Waals surface area contributed by atoms with Crippen LogP contribution in [0.4, 0.5) is 21.0 Å². The highest BCUT2D eigenvalue weighted by atomic mass is 16.2. The molecule has 0 aromatic heterocycles. The van der Waals surface area contributed by atoms with Crippen molar-refractivity contribution in [3.8, 4) is 0 Å². The number of carbonyl (C=O) groups is 2. The Bertz CT molecular complexity index is 1180. The van der Waals surface area contributed by atoms with Crippen molar-refractivity contribution in [1.29, 1.82) is 0 Å². The van der Waals surface area contributed by atoms with Crippen molar-refractivity contribution in [2.24, 2.45) is 0 Å². The third-order valence-corrected chi connectivity index (χ3v) is 7.13. The van der Waals surface area contributed by atoms with Gasteiger partial charge in [0.2, 0.25) is 0 Å². The van der Waals surface area contributed by atoms with Gasteiger partial charge in [-0.2, -0.15) is 0 Å².